The summed E-state index contributed by atoms with van der Waals surface area (Å²) < 4.78 is 24.1. The van der Waals surface area contributed by atoms with E-state index in [4.69, 9.17) is 18.9 Å². The number of ether oxygens (including phenoxy) is 4. The number of hydrogen-bond acceptors (Lipinski definition) is 8. The molecule has 6 aromatic rings. The van der Waals surface area contributed by atoms with E-state index < -0.39 is 0 Å². The molecule has 0 saturated carbocycles. The van der Waals surface area contributed by atoms with Gasteiger partial charge in [0.1, 0.15) is 34.4 Å². The fourth-order valence-electron chi connectivity index (χ4n) is 5.51. The summed E-state index contributed by atoms with van der Waals surface area (Å²) in [6, 6.07) is 35.1. The summed E-state index contributed by atoms with van der Waals surface area (Å²) >= 11 is 0. The summed E-state index contributed by atoms with van der Waals surface area (Å²) in [5.74, 6) is 2.64. The number of rotatable bonds is 11. The van der Waals surface area contributed by atoms with Gasteiger partial charge in [0.2, 0.25) is 0 Å². The molecule has 0 atom stereocenters. The van der Waals surface area contributed by atoms with Gasteiger partial charge in [0.25, 0.3) is 0 Å². The second-order valence-corrected chi connectivity index (χ2v) is 10.2. The van der Waals surface area contributed by atoms with E-state index in [1.165, 1.54) is 0 Å². The molecule has 6 aromatic carbocycles. The average Bonchev–Trinajstić information content (AvgIpc) is 3.10. The molecule has 8 heteroatoms. The largest absolute Gasteiger partial charge is 0.494 e. The number of methoxy groups -OCH3 is 2. The lowest BCUT2D eigenvalue weighted by atomic mass is 9.91. The van der Waals surface area contributed by atoms with E-state index in [1.807, 2.05) is 123 Å². The quantitative estimate of drug-likeness (QED) is 0.137. The molecule has 0 unspecified atom stereocenters. The topological polar surface area (TPSA) is 86.4 Å². The van der Waals surface area contributed by atoms with Gasteiger partial charge in [0.15, 0.2) is 0 Å². The van der Waals surface area contributed by atoms with Crippen molar-refractivity contribution in [2.75, 3.05) is 27.4 Å². The first-order chi connectivity index (χ1) is 22.7. The molecule has 0 saturated heterocycles. The average molecular weight is 611 g/mol. The summed E-state index contributed by atoms with van der Waals surface area (Å²) in [6.07, 6.45) is 0. The lowest BCUT2D eigenvalue weighted by Crippen LogP contribution is -2.00. The van der Waals surface area contributed by atoms with Gasteiger partial charge in [-0.1, -0.05) is 36.4 Å². The van der Waals surface area contributed by atoms with Crippen molar-refractivity contribution in [2.24, 2.45) is 20.5 Å². The van der Waals surface area contributed by atoms with Crippen LogP contribution in [0, 0.1) is 0 Å². The molecule has 0 aliphatic carbocycles. The molecule has 0 radical (unpaired) electrons. The Bertz CT molecular complexity index is 1900. The highest BCUT2D eigenvalue weighted by atomic mass is 16.5. The SMILES string of the molecule is CCOc1ccc2c(N=Nc3ccccc3)c(OC)ccc2c1-c1c(OCC)ccc2c(N=Nc3ccccc3)c(OC)ccc12. The monoisotopic (exact) mass is 610 g/mol. The first-order valence-electron chi connectivity index (χ1n) is 15.1. The van der Waals surface area contributed by atoms with E-state index in [0.717, 1.165) is 44.0 Å². The van der Waals surface area contributed by atoms with Gasteiger partial charge in [-0.3, -0.25) is 0 Å². The Morgan fingerprint density at radius 1 is 0.413 bits per heavy atom. The molecule has 0 fully saturated rings. The van der Waals surface area contributed by atoms with Crippen molar-refractivity contribution in [1.29, 1.82) is 0 Å². The van der Waals surface area contributed by atoms with Crippen molar-refractivity contribution in [3.05, 3.63) is 109 Å². The minimum atomic E-state index is 0.480. The predicted molar refractivity (Wildman–Crippen MR) is 184 cm³/mol. The van der Waals surface area contributed by atoms with Crippen molar-refractivity contribution in [1.82, 2.24) is 0 Å². The molecule has 0 heterocycles. The molecule has 0 aromatic heterocycles. The minimum absolute atomic E-state index is 0.480. The third kappa shape index (κ3) is 5.97. The Morgan fingerprint density at radius 2 is 0.783 bits per heavy atom. The van der Waals surface area contributed by atoms with Gasteiger partial charge in [0, 0.05) is 21.9 Å². The molecule has 0 N–H and O–H groups in total. The molecular weight excluding hydrogens is 576 g/mol. The fraction of sp³-hybridized carbons (Fsp3) is 0.158. The van der Waals surface area contributed by atoms with Crippen LogP contribution in [0.2, 0.25) is 0 Å². The molecular formula is C38H34N4O4. The number of nitrogens with zero attached hydrogens (tertiary/aromatic N) is 4. The Kier molecular flexibility index (Phi) is 9.15. The molecule has 0 amide bonds. The Labute approximate surface area is 268 Å². The second-order valence-electron chi connectivity index (χ2n) is 10.2. The summed E-state index contributed by atoms with van der Waals surface area (Å²) in [5.41, 5.74) is 4.44. The summed E-state index contributed by atoms with van der Waals surface area (Å²) in [6.45, 7) is 4.91. The van der Waals surface area contributed by atoms with Gasteiger partial charge >= 0.3 is 0 Å². The maximum Gasteiger partial charge on any atom is 0.147 e. The van der Waals surface area contributed by atoms with Crippen molar-refractivity contribution < 1.29 is 18.9 Å². The molecule has 6 rings (SSSR count). The minimum Gasteiger partial charge on any atom is -0.494 e. The third-order valence-corrected chi connectivity index (χ3v) is 7.53. The van der Waals surface area contributed by atoms with Crippen molar-refractivity contribution in [3.63, 3.8) is 0 Å². The van der Waals surface area contributed by atoms with Crippen LogP contribution < -0.4 is 18.9 Å². The van der Waals surface area contributed by atoms with Gasteiger partial charge in [-0.15, -0.1) is 10.2 Å². The zero-order valence-corrected chi connectivity index (χ0v) is 26.2. The first kappa shape index (κ1) is 30.3. The van der Waals surface area contributed by atoms with E-state index in [1.54, 1.807) is 14.2 Å². The van der Waals surface area contributed by atoms with Crippen LogP contribution in [0.15, 0.2) is 130 Å². The molecule has 0 spiro atoms. The zero-order valence-electron chi connectivity index (χ0n) is 26.2. The molecule has 0 aliphatic heterocycles. The fourth-order valence-corrected chi connectivity index (χ4v) is 5.51. The van der Waals surface area contributed by atoms with Gasteiger partial charge in [-0.25, -0.2) is 0 Å². The van der Waals surface area contributed by atoms with Crippen LogP contribution in [0.5, 0.6) is 23.0 Å². The van der Waals surface area contributed by atoms with Gasteiger partial charge in [0.05, 0.1) is 38.8 Å². The normalized spacial score (nSPS) is 11.5. The van der Waals surface area contributed by atoms with Crippen LogP contribution in [-0.2, 0) is 0 Å². The second kappa shape index (κ2) is 13.9. The van der Waals surface area contributed by atoms with E-state index in [9.17, 15) is 0 Å². The first-order valence-corrected chi connectivity index (χ1v) is 15.1. The van der Waals surface area contributed by atoms with Crippen LogP contribution in [0.3, 0.4) is 0 Å². The standard InChI is InChI=1S/C38H34N4O4/c1-5-45-31-21-19-29-27(17-23-33(43-3)37(29)41-39-25-13-9-7-10-14-25)35(31)36-28-18-24-34(44-4)38(30(28)20-22-32(36)46-6-2)42-40-26-15-11-8-12-16-26/h7-24H,5-6H2,1-4H3. The van der Waals surface area contributed by atoms with E-state index >= 15 is 0 Å². The van der Waals surface area contributed by atoms with E-state index in [-0.39, 0.29) is 0 Å². The van der Waals surface area contributed by atoms with Crippen molar-refractivity contribution >= 4 is 44.3 Å². The van der Waals surface area contributed by atoms with Crippen LogP contribution in [0.4, 0.5) is 22.7 Å². The number of azo groups is 2. The van der Waals surface area contributed by atoms with Crippen LogP contribution >= 0.6 is 0 Å². The molecule has 8 nitrogen and oxygen atoms in total. The Balaban J connectivity index is 1.66. The zero-order chi connectivity index (χ0) is 31.9. The Morgan fingerprint density at radius 3 is 1.15 bits per heavy atom. The predicted octanol–water partition coefficient (Wildman–Crippen LogP) is 11.3. The number of fused-ring (bicyclic) bond motifs is 2. The van der Waals surface area contributed by atoms with Crippen LogP contribution in [0.1, 0.15) is 13.8 Å². The van der Waals surface area contributed by atoms with Gasteiger partial charge < -0.3 is 18.9 Å². The van der Waals surface area contributed by atoms with Crippen molar-refractivity contribution in [3.8, 4) is 34.1 Å². The lowest BCUT2D eigenvalue weighted by molar-refractivity contribution is 0.337. The van der Waals surface area contributed by atoms with Gasteiger partial charge in [-0.05, 0) is 97.4 Å². The number of hydrogen-bond donors (Lipinski definition) is 0. The molecule has 230 valence electrons. The maximum absolute atomic E-state index is 6.28. The maximum atomic E-state index is 6.28. The summed E-state index contributed by atoms with van der Waals surface area (Å²) in [4.78, 5) is 0. The van der Waals surface area contributed by atoms with Crippen molar-refractivity contribution in [2.45, 2.75) is 13.8 Å². The summed E-state index contributed by atoms with van der Waals surface area (Å²) in [5, 5.41) is 21.9. The number of benzene rings is 6. The highest BCUT2D eigenvalue weighted by Crippen LogP contribution is 2.51. The smallest absolute Gasteiger partial charge is 0.147 e. The summed E-state index contributed by atoms with van der Waals surface area (Å²) in [7, 11) is 3.27. The molecule has 0 aliphatic rings. The Hall–Kier alpha value is -5.76. The molecule has 46 heavy (non-hydrogen) atoms. The highest BCUT2D eigenvalue weighted by Gasteiger charge is 2.23. The molecule has 0 bridgehead atoms. The van der Waals surface area contributed by atoms with Crippen LogP contribution in [-0.4, -0.2) is 27.4 Å². The third-order valence-electron chi connectivity index (χ3n) is 7.53. The highest BCUT2D eigenvalue weighted by molar-refractivity contribution is 6.14. The van der Waals surface area contributed by atoms with E-state index in [0.29, 0.717) is 47.6 Å². The van der Waals surface area contributed by atoms with E-state index in [2.05, 4.69) is 20.5 Å². The van der Waals surface area contributed by atoms with Gasteiger partial charge in [-0.2, -0.15) is 10.2 Å². The van der Waals surface area contributed by atoms with Crippen LogP contribution in [0.25, 0.3) is 32.7 Å². The lowest BCUT2D eigenvalue weighted by Gasteiger charge is -2.20.